The molecule has 0 heterocycles. The van der Waals surface area contributed by atoms with Crippen LogP contribution in [0.25, 0.3) is 0 Å². The summed E-state index contributed by atoms with van der Waals surface area (Å²) in [6.45, 7) is 6.16. The van der Waals surface area contributed by atoms with Gasteiger partial charge in [-0.15, -0.1) is 0 Å². The molecule has 0 fully saturated rings. The average molecular weight is 775 g/mol. The number of ketones is 1. The van der Waals surface area contributed by atoms with Crippen LogP contribution in [0.4, 0.5) is 0 Å². The minimum atomic E-state index is -1.25. The van der Waals surface area contributed by atoms with E-state index in [0.717, 1.165) is 89.9 Å². The Bertz CT molecular complexity index is 911. The second-order valence-corrected chi connectivity index (χ2v) is 16.1. The normalized spacial score (nSPS) is 12.8. The molecule has 0 aromatic heterocycles. The second-order valence-electron chi connectivity index (χ2n) is 16.1. The molecular formula is C49H90O6. The Kier molecular flexibility index (Phi) is 41.6. The molecular weight excluding hydrogens is 685 g/mol. The molecule has 0 aromatic rings. The van der Waals surface area contributed by atoms with E-state index in [1.165, 1.54) is 109 Å². The summed E-state index contributed by atoms with van der Waals surface area (Å²) >= 11 is 0. The van der Waals surface area contributed by atoms with Crippen molar-refractivity contribution >= 4 is 17.7 Å². The zero-order valence-corrected chi connectivity index (χ0v) is 36.6. The van der Waals surface area contributed by atoms with E-state index in [-0.39, 0.29) is 25.0 Å². The Morgan fingerprint density at radius 2 is 0.709 bits per heavy atom. The first-order chi connectivity index (χ1) is 27.0. The zero-order valence-electron chi connectivity index (χ0n) is 36.6. The average Bonchev–Trinajstić information content (AvgIpc) is 3.18. The SMILES string of the molecule is CCCCC=CCCCCCCCC(=O)OC(C(=O)CCCCCCCC=CCCCCCC)C(CO)OC(=O)CCCCCCCCCCCCCCC. The number of ether oxygens (including phenoxy) is 2. The lowest BCUT2D eigenvalue weighted by Crippen LogP contribution is -2.43. The van der Waals surface area contributed by atoms with Gasteiger partial charge in [0.2, 0.25) is 0 Å². The van der Waals surface area contributed by atoms with Gasteiger partial charge in [-0.25, -0.2) is 0 Å². The minimum absolute atomic E-state index is 0.221. The van der Waals surface area contributed by atoms with Crippen molar-refractivity contribution in [1.82, 2.24) is 0 Å². The molecule has 0 saturated heterocycles. The summed E-state index contributed by atoms with van der Waals surface area (Å²) in [6.07, 6.45) is 45.5. The number of esters is 2. The molecule has 1 N–H and O–H groups in total. The summed E-state index contributed by atoms with van der Waals surface area (Å²) in [6, 6.07) is 0. The van der Waals surface area contributed by atoms with Crippen LogP contribution in [0.5, 0.6) is 0 Å². The molecule has 6 heteroatoms. The smallest absolute Gasteiger partial charge is 0.306 e. The lowest BCUT2D eigenvalue weighted by Gasteiger charge is -2.25. The predicted molar refractivity (Wildman–Crippen MR) is 233 cm³/mol. The number of unbranched alkanes of at least 4 members (excludes halogenated alkanes) is 28. The second kappa shape index (κ2) is 43.2. The van der Waals surface area contributed by atoms with Gasteiger partial charge < -0.3 is 14.6 Å². The highest BCUT2D eigenvalue weighted by Crippen LogP contribution is 2.18. The Balaban J connectivity index is 4.66. The minimum Gasteiger partial charge on any atom is -0.455 e. The number of aliphatic hydroxyl groups excluding tert-OH is 1. The molecule has 55 heavy (non-hydrogen) atoms. The molecule has 0 aliphatic rings. The van der Waals surface area contributed by atoms with E-state index in [1.54, 1.807) is 0 Å². The van der Waals surface area contributed by atoms with Crippen LogP contribution in [0.15, 0.2) is 24.3 Å². The first kappa shape index (κ1) is 53.0. The Morgan fingerprint density at radius 3 is 1.11 bits per heavy atom. The van der Waals surface area contributed by atoms with Gasteiger partial charge in [0.15, 0.2) is 18.0 Å². The van der Waals surface area contributed by atoms with Gasteiger partial charge in [-0.1, -0.05) is 193 Å². The third-order valence-corrected chi connectivity index (χ3v) is 10.7. The topological polar surface area (TPSA) is 89.9 Å². The van der Waals surface area contributed by atoms with Gasteiger partial charge in [-0.05, 0) is 64.2 Å². The molecule has 0 rings (SSSR count). The van der Waals surface area contributed by atoms with Crippen molar-refractivity contribution in [2.75, 3.05) is 6.61 Å². The van der Waals surface area contributed by atoms with Crippen molar-refractivity contribution in [3.63, 3.8) is 0 Å². The third kappa shape index (κ3) is 37.4. The molecule has 0 saturated carbocycles. The highest BCUT2D eigenvalue weighted by molar-refractivity contribution is 5.86. The van der Waals surface area contributed by atoms with E-state index in [2.05, 4.69) is 45.1 Å². The van der Waals surface area contributed by atoms with E-state index in [9.17, 15) is 19.5 Å². The Labute approximate surface area is 340 Å². The fraction of sp³-hybridized carbons (Fsp3) is 0.857. The quantitative estimate of drug-likeness (QED) is 0.0377. The van der Waals surface area contributed by atoms with Crippen LogP contribution in [-0.2, 0) is 23.9 Å². The van der Waals surface area contributed by atoms with Gasteiger partial charge in [-0.2, -0.15) is 0 Å². The predicted octanol–water partition coefficient (Wildman–Crippen LogP) is 14.6. The number of hydrogen-bond donors (Lipinski definition) is 1. The molecule has 0 bridgehead atoms. The summed E-state index contributed by atoms with van der Waals surface area (Å²) in [5.74, 6) is -1.16. The van der Waals surface area contributed by atoms with E-state index in [0.29, 0.717) is 12.8 Å². The summed E-state index contributed by atoms with van der Waals surface area (Å²) in [5.41, 5.74) is 0. The van der Waals surface area contributed by atoms with Crippen molar-refractivity contribution in [1.29, 1.82) is 0 Å². The van der Waals surface area contributed by atoms with Gasteiger partial charge in [0.25, 0.3) is 0 Å². The van der Waals surface area contributed by atoms with E-state index in [1.807, 2.05) is 0 Å². The van der Waals surface area contributed by atoms with Crippen molar-refractivity contribution in [3.8, 4) is 0 Å². The summed E-state index contributed by atoms with van der Waals surface area (Å²) in [5, 5.41) is 10.2. The van der Waals surface area contributed by atoms with Gasteiger partial charge in [0.05, 0.1) is 6.61 Å². The number of carbonyl (C=O) groups excluding carboxylic acids is 3. The van der Waals surface area contributed by atoms with Crippen molar-refractivity contribution in [2.45, 2.75) is 264 Å². The molecule has 6 nitrogen and oxygen atoms in total. The van der Waals surface area contributed by atoms with E-state index in [4.69, 9.17) is 9.47 Å². The van der Waals surface area contributed by atoms with Crippen molar-refractivity contribution in [3.05, 3.63) is 24.3 Å². The van der Waals surface area contributed by atoms with Gasteiger partial charge in [0.1, 0.15) is 0 Å². The largest absolute Gasteiger partial charge is 0.455 e. The molecule has 0 aliphatic carbocycles. The van der Waals surface area contributed by atoms with Crippen LogP contribution in [0.3, 0.4) is 0 Å². The number of aliphatic hydroxyl groups is 1. The molecule has 0 spiro atoms. The Morgan fingerprint density at radius 1 is 0.400 bits per heavy atom. The van der Waals surface area contributed by atoms with Gasteiger partial charge in [-0.3, -0.25) is 14.4 Å². The molecule has 2 atom stereocenters. The van der Waals surface area contributed by atoms with Gasteiger partial charge in [0, 0.05) is 19.3 Å². The molecule has 322 valence electrons. The summed E-state index contributed by atoms with van der Waals surface area (Å²) in [7, 11) is 0. The van der Waals surface area contributed by atoms with Crippen LogP contribution >= 0.6 is 0 Å². The van der Waals surface area contributed by atoms with Crippen molar-refractivity contribution < 1.29 is 29.0 Å². The van der Waals surface area contributed by atoms with Gasteiger partial charge >= 0.3 is 11.9 Å². The monoisotopic (exact) mass is 775 g/mol. The first-order valence-electron chi connectivity index (χ1n) is 23.8. The maximum Gasteiger partial charge on any atom is 0.306 e. The molecule has 2 unspecified atom stereocenters. The highest BCUT2D eigenvalue weighted by atomic mass is 16.6. The lowest BCUT2D eigenvalue weighted by atomic mass is 10.0. The fourth-order valence-electron chi connectivity index (χ4n) is 7.04. The summed E-state index contributed by atoms with van der Waals surface area (Å²) < 4.78 is 11.3. The number of rotatable bonds is 43. The van der Waals surface area contributed by atoms with Crippen LogP contribution in [0.2, 0.25) is 0 Å². The van der Waals surface area contributed by atoms with Crippen LogP contribution < -0.4 is 0 Å². The van der Waals surface area contributed by atoms with Crippen LogP contribution in [-0.4, -0.2) is 41.6 Å². The zero-order chi connectivity index (χ0) is 40.3. The Hall–Kier alpha value is -1.95. The van der Waals surface area contributed by atoms with Crippen molar-refractivity contribution in [2.24, 2.45) is 0 Å². The third-order valence-electron chi connectivity index (χ3n) is 10.7. The number of carbonyl (C=O) groups is 3. The molecule has 0 aromatic carbocycles. The molecule has 0 amide bonds. The molecule has 0 aliphatic heterocycles. The first-order valence-corrected chi connectivity index (χ1v) is 23.8. The fourth-order valence-corrected chi connectivity index (χ4v) is 7.04. The standard InChI is InChI=1S/C49H90O6/c1-4-7-10-13-16-19-22-24-27-29-32-35-38-41-45(51)49(55-48(53)43-40-37-34-30-26-21-18-15-12-9-6-3)46(44-50)54-47(52)42-39-36-33-31-28-25-23-20-17-14-11-8-5-2/h15,18-19,22,46,49-50H,4-14,16-17,20-21,23-44H2,1-3H3. The van der Waals surface area contributed by atoms with E-state index >= 15 is 0 Å². The highest BCUT2D eigenvalue weighted by Gasteiger charge is 2.34. The maximum atomic E-state index is 13.4. The number of allylic oxidation sites excluding steroid dienone is 4. The number of Topliss-reactive ketones (excluding diaryl/α,β-unsaturated/α-hetero) is 1. The maximum absolute atomic E-state index is 13.4. The summed E-state index contributed by atoms with van der Waals surface area (Å²) in [4.78, 5) is 39.1. The number of hydrogen-bond acceptors (Lipinski definition) is 6. The van der Waals surface area contributed by atoms with Crippen LogP contribution in [0.1, 0.15) is 252 Å². The molecule has 0 radical (unpaired) electrons. The lowest BCUT2D eigenvalue weighted by molar-refractivity contribution is -0.175. The van der Waals surface area contributed by atoms with Crippen LogP contribution in [0, 0.1) is 0 Å². The van der Waals surface area contributed by atoms with E-state index < -0.39 is 30.8 Å².